The van der Waals surface area contributed by atoms with Gasteiger partial charge in [0.1, 0.15) is 0 Å². The van der Waals surface area contributed by atoms with E-state index < -0.39 is 15.6 Å². The summed E-state index contributed by atoms with van der Waals surface area (Å²) >= 11 is 0. The van der Waals surface area contributed by atoms with Crippen molar-refractivity contribution in [3.05, 3.63) is 29.8 Å². The fourth-order valence-electron chi connectivity index (χ4n) is 1.57. The quantitative estimate of drug-likeness (QED) is 0.811. The van der Waals surface area contributed by atoms with Gasteiger partial charge in [-0.15, -0.1) is 0 Å². The molecule has 0 spiro atoms. The summed E-state index contributed by atoms with van der Waals surface area (Å²) in [6.07, 6.45) is 0. The minimum atomic E-state index is -3.59. The van der Waals surface area contributed by atoms with Gasteiger partial charge in [-0.05, 0) is 38.6 Å². The van der Waals surface area contributed by atoms with Crippen molar-refractivity contribution in [2.45, 2.75) is 30.8 Å². The van der Waals surface area contributed by atoms with E-state index in [4.69, 9.17) is 0 Å². The lowest BCUT2D eigenvalue weighted by Gasteiger charge is -2.32. The molecule has 6 heteroatoms. The Hall–Kier alpha value is -0.950. The lowest BCUT2D eigenvalue weighted by molar-refractivity contribution is 0.138. The van der Waals surface area contributed by atoms with Crippen LogP contribution in [0.15, 0.2) is 29.2 Å². The van der Waals surface area contributed by atoms with Crippen LogP contribution in [0, 0.1) is 0 Å². The van der Waals surface area contributed by atoms with Gasteiger partial charge >= 0.3 is 0 Å². The van der Waals surface area contributed by atoms with Crippen LogP contribution >= 0.6 is 0 Å². The molecule has 1 aromatic rings. The molecule has 0 saturated carbocycles. The van der Waals surface area contributed by atoms with Crippen LogP contribution in [0.4, 0.5) is 0 Å². The zero-order valence-corrected chi connectivity index (χ0v) is 12.7. The Morgan fingerprint density at radius 3 is 2.21 bits per heavy atom. The topological polar surface area (TPSA) is 69.6 Å². The standard InChI is InChI=1S/C13H22N2O3S/c1-13(2,10-16)15(4)19(17,18)12-7-5-11(6-8-12)9-14-3/h5-8,14,16H,9-10H2,1-4H3. The fourth-order valence-corrected chi connectivity index (χ4v) is 3.07. The van der Waals surface area contributed by atoms with Crippen LogP contribution in [0.5, 0.6) is 0 Å². The summed E-state index contributed by atoms with van der Waals surface area (Å²) in [6.45, 7) is 3.82. The predicted octanol–water partition coefficient (Wildman–Crippen LogP) is 0.797. The Kier molecular flexibility index (Phi) is 5.09. The fraction of sp³-hybridized carbons (Fsp3) is 0.538. The van der Waals surface area contributed by atoms with Gasteiger partial charge in [0.2, 0.25) is 10.0 Å². The SMILES string of the molecule is CNCc1ccc(S(=O)(=O)N(C)C(C)(C)CO)cc1. The first-order valence-electron chi connectivity index (χ1n) is 6.09. The van der Waals surface area contributed by atoms with E-state index in [1.165, 1.54) is 11.4 Å². The molecule has 0 saturated heterocycles. The van der Waals surface area contributed by atoms with Crippen LogP contribution in [-0.4, -0.2) is 44.1 Å². The van der Waals surface area contributed by atoms with Crippen molar-refractivity contribution in [3.8, 4) is 0 Å². The number of benzene rings is 1. The first kappa shape index (κ1) is 16.1. The van der Waals surface area contributed by atoms with Crippen molar-refractivity contribution in [1.82, 2.24) is 9.62 Å². The molecule has 0 aromatic heterocycles. The maximum atomic E-state index is 12.4. The van der Waals surface area contributed by atoms with E-state index in [0.29, 0.717) is 6.54 Å². The molecule has 19 heavy (non-hydrogen) atoms. The Morgan fingerprint density at radius 1 is 1.26 bits per heavy atom. The maximum Gasteiger partial charge on any atom is 0.243 e. The predicted molar refractivity (Wildman–Crippen MR) is 75.3 cm³/mol. The zero-order chi connectivity index (χ0) is 14.7. The molecule has 108 valence electrons. The number of nitrogens with one attached hydrogen (secondary N) is 1. The molecule has 0 fully saturated rings. The van der Waals surface area contributed by atoms with Gasteiger partial charge in [0.15, 0.2) is 0 Å². The molecular weight excluding hydrogens is 264 g/mol. The van der Waals surface area contributed by atoms with Gasteiger partial charge in [-0.1, -0.05) is 12.1 Å². The molecule has 0 atom stereocenters. The highest BCUT2D eigenvalue weighted by Crippen LogP contribution is 2.22. The molecule has 0 amide bonds. The number of hydrogen-bond donors (Lipinski definition) is 2. The molecule has 0 unspecified atom stereocenters. The number of aliphatic hydroxyl groups is 1. The van der Waals surface area contributed by atoms with Gasteiger partial charge in [-0.3, -0.25) is 0 Å². The molecule has 0 aliphatic carbocycles. The largest absolute Gasteiger partial charge is 0.394 e. The average Bonchev–Trinajstić information content (AvgIpc) is 2.39. The molecule has 0 heterocycles. The van der Waals surface area contributed by atoms with E-state index >= 15 is 0 Å². The molecule has 0 bridgehead atoms. The Labute approximate surface area is 115 Å². The van der Waals surface area contributed by atoms with Crippen molar-refractivity contribution in [3.63, 3.8) is 0 Å². The minimum absolute atomic E-state index is 0.233. The minimum Gasteiger partial charge on any atom is -0.394 e. The van der Waals surface area contributed by atoms with Crippen LogP contribution in [0.1, 0.15) is 19.4 Å². The van der Waals surface area contributed by atoms with E-state index in [9.17, 15) is 13.5 Å². The normalized spacial score (nSPS) is 12.9. The van der Waals surface area contributed by atoms with Gasteiger partial charge in [0.05, 0.1) is 17.0 Å². The molecular formula is C13H22N2O3S. The number of rotatable bonds is 6. The average molecular weight is 286 g/mol. The molecule has 0 radical (unpaired) electrons. The van der Waals surface area contributed by atoms with Gasteiger partial charge in [0, 0.05) is 13.6 Å². The van der Waals surface area contributed by atoms with Crippen molar-refractivity contribution in [1.29, 1.82) is 0 Å². The summed E-state index contributed by atoms with van der Waals surface area (Å²) in [5.41, 5.74) is 0.188. The van der Waals surface area contributed by atoms with Gasteiger partial charge in [-0.25, -0.2) is 8.42 Å². The number of hydrogen-bond acceptors (Lipinski definition) is 4. The highest BCUT2D eigenvalue weighted by molar-refractivity contribution is 7.89. The Balaban J connectivity index is 3.07. The van der Waals surface area contributed by atoms with Crippen LogP contribution in [0.2, 0.25) is 0 Å². The second-order valence-corrected chi connectivity index (χ2v) is 7.09. The van der Waals surface area contributed by atoms with E-state index in [0.717, 1.165) is 5.56 Å². The Bertz CT molecular complexity index is 509. The molecule has 1 rings (SSSR count). The summed E-state index contributed by atoms with van der Waals surface area (Å²) < 4.78 is 26.0. The van der Waals surface area contributed by atoms with Crippen molar-refractivity contribution in [2.75, 3.05) is 20.7 Å². The molecule has 1 aromatic carbocycles. The summed E-state index contributed by atoms with van der Waals surface area (Å²) in [5, 5.41) is 12.3. The molecule has 0 aliphatic heterocycles. The molecule has 5 nitrogen and oxygen atoms in total. The second kappa shape index (κ2) is 6.00. The molecule has 0 aliphatic rings. The Morgan fingerprint density at radius 2 is 1.79 bits per heavy atom. The van der Waals surface area contributed by atoms with E-state index in [-0.39, 0.29) is 11.5 Å². The monoisotopic (exact) mass is 286 g/mol. The van der Waals surface area contributed by atoms with Gasteiger partial charge in [0.25, 0.3) is 0 Å². The molecule has 2 N–H and O–H groups in total. The maximum absolute atomic E-state index is 12.4. The highest BCUT2D eigenvalue weighted by Gasteiger charge is 2.33. The zero-order valence-electron chi connectivity index (χ0n) is 11.8. The van der Waals surface area contributed by atoms with E-state index in [2.05, 4.69) is 5.32 Å². The third kappa shape index (κ3) is 3.54. The lowest BCUT2D eigenvalue weighted by atomic mass is 10.1. The number of aliphatic hydroxyl groups excluding tert-OH is 1. The third-order valence-corrected chi connectivity index (χ3v) is 5.29. The summed E-state index contributed by atoms with van der Waals surface area (Å²) in [5.74, 6) is 0. The van der Waals surface area contributed by atoms with Crippen LogP contribution < -0.4 is 5.32 Å². The van der Waals surface area contributed by atoms with Crippen LogP contribution in [0.3, 0.4) is 0 Å². The summed E-state index contributed by atoms with van der Waals surface area (Å²) in [7, 11) is -0.273. The van der Waals surface area contributed by atoms with Crippen LogP contribution in [-0.2, 0) is 16.6 Å². The van der Waals surface area contributed by atoms with E-state index in [1.807, 2.05) is 7.05 Å². The lowest BCUT2D eigenvalue weighted by Crippen LogP contribution is -2.47. The first-order chi connectivity index (χ1) is 8.75. The highest BCUT2D eigenvalue weighted by atomic mass is 32.2. The van der Waals surface area contributed by atoms with Crippen molar-refractivity contribution in [2.24, 2.45) is 0 Å². The van der Waals surface area contributed by atoms with E-state index in [1.54, 1.807) is 38.1 Å². The van der Waals surface area contributed by atoms with Gasteiger partial charge in [-0.2, -0.15) is 4.31 Å². The number of sulfonamides is 1. The first-order valence-corrected chi connectivity index (χ1v) is 7.53. The number of likely N-dealkylation sites (N-methyl/N-ethyl adjacent to an activating group) is 1. The number of nitrogens with zero attached hydrogens (tertiary/aromatic N) is 1. The smallest absolute Gasteiger partial charge is 0.243 e. The third-order valence-electron chi connectivity index (χ3n) is 3.20. The van der Waals surface area contributed by atoms with Crippen molar-refractivity contribution < 1.29 is 13.5 Å². The van der Waals surface area contributed by atoms with Crippen LogP contribution in [0.25, 0.3) is 0 Å². The van der Waals surface area contributed by atoms with Crippen molar-refractivity contribution >= 4 is 10.0 Å². The summed E-state index contributed by atoms with van der Waals surface area (Å²) in [6, 6.07) is 6.74. The van der Waals surface area contributed by atoms with Gasteiger partial charge < -0.3 is 10.4 Å². The second-order valence-electron chi connectivity index (χ2n) is 5.12. The summed E-state index contributed by atoms with van der Waals surface area (Å²) in [4.78, 5) is 0.233.